The van der Waals surface area contributed by atoms with Crippen LogP contribution in [0.25, 0.3) is 0 Å². The molecule has 0 aliphatic heterocycles. The molecule has 1 N–H and O–H groups in total. The number of ether oxygens (including phenoxy) is 2. The van der Waals surface area contributed by atoms with E-state index in [0.29, 0.717) is 12.8 Å². The Morgan fingerprint density at radius 1 is 0.400 bits per heavy atom. The van der Waals surface area contributed by atoms with Gasteiger partial charge in [0.1, 0.15) is 6.61 Å². The van der Waals surface area contributed by atoms with Crippen LogP contribution in [-0.2, 0) is 19.1 Å². The van der Waals surface area contributed by atoms with E-state index in [4.69, 9.17) is 9.47 Å². The van der Waals surface area contributed by atoms with Crippen molar-refractivity contribution in [1.29, 1.82) is 0 Å². The summed E-state index contributed by atoms with van der Waals surface area (Å²) >= 11 is 0. The molecular formula is C55H100O5. The smallest absolute Gasteiger partial charge is 0.306 e. The van der Waals surface area contributed by atoms with E-state index < -0.39 is 6.10 Å². The molecule has 350 valence electrons. The molecule has 0 aliphatic rings. The molecule has 0 heterocycles. The van der Waals surface area contributed by atoms with Crippen LogP contribution in [0.3, 0.4) is 0 Å². The minimum Gasteiger partial charge on any atom is -0.462 e. The lowest BCUT2D eigenvalue weighted by Crippen LogP contribution is -2.28. The molecule has 0 bridgehead atoms. The molecule has 5 heteroatoms. The van der Waals surface area contributed by atoms with Crippen LogP contribution < -0.4 is 0 Å². The summed E-state index contributed by atoms with van der Waals surface area (Å²) in [6.45, 7) is 4.00. The Bertz CT molecular complexity index is 997. The molecule has 0 rings (SSSR count). The highest BCUT2D eigenvalue weighted by atomic mass is 16.6. The second-order valence-corrected chi connectivity index (χ2v) is 17.6. The number of aliphatic hydroxyl groups is 1. The van der Waals surface area contributed by atoms with E-state index >= 15 is 0 Å². The molecule has 0 amide bonds. The van der Waals surface area contributed by atoms with Crippen LogP contribution in [0.5, 0.6) is 0 Å². The summed E-state index contributed by atoms with van der Waals surface area (Å²) < 4.78 is 10.6. The molecule has 0 saturated heterocycles. The SMILES string of the molecule is CC/C=C\C/C=C\C/C=C\C/C=C\CCCCCCCCCCCCCCCCCCCCCCCCCCCCC(=O)OC(CO)COC(=O)CCCCCCCCC. The van der Waals surface area contributed by atoms with Crippen molar-refractivity contribution in [2.75, 3.05) is 13.2 Å². The minimum absolute atomic E-state index is 0.0610. The van der Waals surface area contributed by atoms with Gasteiger partial charge in [0.05, 0.1) is 6.61 Å². The zero-order valence-corrected chi connectivity index (χ0v) is 40.0. The number of carbonyl (C=O) groups excluding carboxylic acids is 2. The number of rotatable bonds is 48. The Balaban J connectivity index is 3.33. The van der Waals surface area contributed by atoms with Crippen molar-refractivity contribution in [2.45, 2.75) is 277 Å². The second-order valence-electron chi connectivity index (χ2n) is 17.6. The van der Waals surface area contributed by atoms with Crippen LogP contribution in [0, 0.1) is 0 Å². The molecule has 1 atom stereocenters. The van der Waals surface area contributed by atoms with Crippen molar-refractivity contribution in [3.8, 4) is 0 Å². The van der Waals surface area contributed by atoms with Crippen LogP contribution in [0.1, 0.15) is 271 Å². The molecular weight excluding hydrogens is 741 g/mol. The Hall–Kier alpha value is -2.14. The molecule has 0 aliphatic carbocycles. The lowest BCUT2D eigenvalue weighted by atomic mass is 10.0. The van der Waals surface area contributed by atoms with Gasteiger partial charge in [-0.05, 0) is 51.4 Å². The van der Waals surface area contributed by atoms with E-state index in [2.05, 4.69) is 62.5 Å². The van der Waals surface area contributed by atoms with Crippen molar-refractivity contribution in [3.63, 3.8) is 0 Å². The molecule has 0 saturated carbocycles. The first-order valence-corrected chi connectivity index (χ1v) is 26.2. The fourth-order valence-electron chi connectivity index (χ4n) is 7.73. The van der Waals surface area contributed by atoms with Gasteiger partial charge < -0.3 is 14.6 Å². The monoisotopic (exact) mass is 841 g/mol. The van der Waals surface area contributed by atoms with Crippen molar-refractivity contribution >= 4 is 11.9 Å². The zero-order valence-electron chi connectivity index (χ0n) is 40.0. The maximum absolute atomic E-state index is 12.2. The highest BCUT2D eigenvalue weighted by molar-refractivity contribution is 5.70. The first kappa shape index (κ1) is 57.9. The van der Waals surface area contributed by atoms with Crippen LogP contribution in [0.15, 0.2) is 48.6 Å². The van der Waals surface area contributed by atoms with E-state index in [-0.39, 0.29) is 25.2 Å². The van der Waals surface area contributed by atoms with E-state index in [0.717, 1.165) is 64.2 Å². The topological polar surface area (TPSA) is 72.8 Å². The molecule has 60 heavy (non-hydrogen) atoms. The third-order valence-electron chi connectivity index (χ3n) is 11.6. The summed E-state index contributed by atoms with van der Waals surface area (Å²) in [5, 5.41) is 9.54. The zero-order chi connectivity index (χ0) is 43.5. The lowest BCUT2D eigenvalue weighted by molar-refractivity contribution is -0.161. The van der Waals surface area contributed by atoms with Crippen molar-refractivity contribution in [3.05, 3.63) is 48.6 Å². The second kappa shape index (κ2) is 51.2. The van der Waals surface area contributed by atoms with Crippen LogP contribution in [0.4, 0.5) is 0 Å². The van der Waals surface area contributed by atoms with Crippen molar-refractivity contribution in [1.82, 2.24) is 0 Å². The lowest BCUT2D eigenvalue weighted by Gasteiger charge is -2.15. The van der Waals surface area contributed by atoms with Gasteiger partial charge in [0, 0.05) is 12.8 Å². The average molecular weight is 841 g/mol. The first-order valence-electron chi connectivity index (χ1n) is 26.2. The van der Waals surface area contributed by atoms with Gasteiger partial charge in [-0.2, -0.15) is 0 Å². The summed E-state index contributed by atoms with van der Waals surface area (Å²) in [5.41, 5.74) is 0. The molecule has 1 unspecified atom stereocenters. The molecule has 0 aromatic rings. The van der Waals surface area contributed by atoms with Gasteiger partial charge in [-0.3, -0.25) is 9.59 Å². The van der Waals surface area contributed by atoms with Crippen LogP contribution in [0.2, 0.25) is 0 Å². The summed E-state index contributed by atoms with van der Waals surface area (Å²) in [6, 6.07) is 0. The summed E-state index contributed by atoms with van der Waals surface area (Å²) in [5.74, 6) is -0.586. The quantitative estimate of drug-likeness (QED) is 0.0375. The summed E-state index contributed by atoms with van der Waals surface area (Å²) in [7, 11) is 0. The van der Waals surface area contributed by atoms with Gasteiger partial charge in [0.15, 0.2) is 6.10 Å². The van der Waals surface area contributed by atoms with Gasteiger partial charge in [0.2, 0.25) is 0 Å². The number of esters is 2. The first-order chi connectivity index (χ1) is 29.6. The predicted octanol–water partition coefficient (Wildman–Crippen LogP) is 17.3. The summed E-state index contributed by atoms with van der Waals surface area (Å²) in [4.78, 5) is 24.2. The number of unbranched alkanes of at least 4 members (excludes halogenated alkanes) is 32. The third-order valence-corrected chi connectivity index (χ3v) is 11.6. The van der Waals surface area contributed by atoms with Gasteiger partial charge in [-0.1, -0.05) is 255 Å². The summed E-state index contributed by atoms with van der Waals surface area (Å²) in [6.07, 6.45) is 67.0. The van der Waals surface area contributed by atoms with E-state index in [1.165, 1.54) is 180 Å². The minimum atomic E-state index is -0.764. The molecule has 0 radical (unpaired) electrons. The Kier molecular flexibility index (Phi) is 49.4. The van der Waals surface area contributed by atoms with Crippen molar-refractivity contribution in [2.24, 2.45) is 0 Å². The fraction of sp³-hybridized carbons (Fsp3) is 0.818. The molecule has 0 aromatic heterocycles. The number of carbonyl (C=O) groups is 2. The van der Waals surface area contributed by atoms with Crippen molar-refractivity contribution < 1.29 is 24.2 Å². The third kappa shape index (κ3) is 48.5. The van der Waals surface area contributed by atoms with Gasteiger partial charge in [0.25, 0.3) is 0 Å². The van der Waals surface area contributed by atoms with Gasteiger partial charge in [-0.25, -0.2) is 0 Å². The maximum atomic E-state index is 12.2. The van der Waals surface area contributed by atoms with Gasteiger partial charge >= 0.3 is 11.9 Å². The maximum Gasteiger partial charge on any atom is 0.306 e. The fourth-order valence-corrected chi connectivity index (χ4v) is 7.73. The number of hydrogen-bond acceptors (Lipinski definition) is 5. The number of hydrogen-bond donors (Lipinski definition) is 1. The van der Waals surface area contributed by atoms with E-state index in [1.807, 2.05) is 0 Å². The number of allylic oxidation sites excluding steroid dienone is 8. The predicted molar refractivity (Wildman–Crippen MR) is 261 cm³/mol. The average Bonchev–Trinajstić information content (AvgIpc) is 3.25. The van der Waals surface area contributed by atoms with E-state index in [1.54, 1.807) is 0 Å². The Morgan fingerprint density at radius 3 is 1.08 bits per heavy atom. The normalized spacial score (nSPS) is 12.5. The largest absolute Gasteiger partial charge is 0.462 e. The van der Waals surface area contributed by atoms with Crippen LogP contribution >= 0.6 is 0 Å². The standard InChI is InChI=1S/C55H100O5/c1-3-5-7-9-11-12-13-14-15-16-17-18-19-20-21-22-23-24-25-26-27-28-29-30-31-32-33-34-35-36-37-38-39-40-41-42-44-46-48-50-55(58)60-53(51-56)52-59-54(57)49-47-45-43-10-8-6-4-2/h5,7,11-12,14-15,17-18,53,56H,3-4,6,8-10,13,16,19-52H2,1-2H3/b7-5-,12-11-,15-14-,18-17-. The molecule has 5 nitrogen and oxygen atoms in total. The number of aliphatic hydroxyl groups excluding tert-OH is 1. The van der Waals surface area contributed by atoms with Gasteiger partial charge in [-0.15, -0.1) is 0 Å². The molecule has 0 spiro atoms. The van der Waals surface area contributed by atoms with E-state index in [9.17, 15) is 14.7 Å². The molecule has 0 aromatic carbocycles. The van der Waals surface area contributed by atoms with Crippen LogP contribution in [-0.4, -0.2) is 36.4 Å². The Morgan fingerprint density at radius 2 is 0.717 bits per heavy atom. The Labute approximate surface area is 373 Å². The highest BCUT2D eigenvalue weighted by Gasteiger charge is 2.16. The molecule has 0 fully saturated rings. The highest BCUT2D eigenvalue weighted by Crippen LogP contribution is 2.17.